The highest BCUT2D eigenvalue weighted by molar-refractivity contribution is 9.10. The Kier molecular flexibility index (Phi) is 5.59. The summed E-state index contributed by atoms with van der Waals surface area (Å²) in [7, 11) is -3.64. The number of nitrogens with zero attached hydrogens (tertiary/aromatic N) is 2. The number of carbonyl (C=O) groups excluding carboxylic acids is 1. The van der Waals surface area contributed by atoms with E-state index in [0.29, 0.717) is 18.8 Å². The summed E-state index contributed by atoms with van der Waals surface area (Å²) in [5, 5.41) is 2.68. The quantitative estimate of drug-likeness (QED) is 0.771. The molecule has 1 aliphatic heterocycles. The Morgan fingerprint density at radius 2 is 1.88 bits per heavy atom. The van der Waals surface area contributed by atoms with Crippen LogP contribution in [0.15, 0.2) is 56.8 Å². The summed E-state index contributed by atoms with van der Waals surface area (Å²) in [6.07, 6.45) is 2.89. The van der Waals surface area contributed by atoms with Crippen LogP contribution in [-0.2, 0) is 21.4 Å². The molecule has 3 rings (SSSR count). The lowest BCUT2D eigenvalue weighted by atomic mass is 10.3. The average Bonchev–Trinajstić information content (AvgIpc) is 3.12. The fourth-order valence-electron chi connectivity index (χ4n) is 2.78. The largest absolute Gasteiger partial charge is 0.324 e. The monoisotopic (exact) mass is 439 g/mol. The normalized spacial score (nSPS) is 15.1. The van der Waals surface area contributed by atoms with E-state index in [1.54, 1.807) is 18.2 Å². The molecule has 1 N–H and O–H groups in total. The van der Waals surface area contributed by atoms with Crippen molar-refractivity contribution in [3.63, 3.8) is 0 Å². The second-order valence-corrected chi connectivity index (χ2v) is 8.85. The van der Waals surface area contributed by atoms with Crippen LogP contribution in [0.4, 0.5) is 5.69 Å². The van der Waals surface area contributed by atoms with E-state index < -0.39 is 21.5 Å². The van der Waals surface area contributed by atoms with Gasteiger partial charge in [0.25, 0.3) is 5.56 Å². The summed E-state index contributed by atoms with van der Waals surface area (Å²) in [5.41, 5.74) is 0.146. The third kappa shape index (κ3) is 4.22. The van der Waals surface area contributed by atoms with Crippen molar-refractivity contribution in [2.24, 2.45) is 0 Å². The average molecular weight is 440 g/mol. The minimum Gasteiger partial charge on any atom is -0.324 e. The number of carbonyl (C=O) groups is 1. The Morgan fingerprint density at radius 1 is 1.15 bits per heavy atom. The molecule has 1 amide bonds. The molecule has 0 unspecified atom stereocenters. The number of pyridine rings is 1. The molecule has 2 heterocycles. The molecular formula is C17H18BrN3O4S. The maximum atomic E-state index is 12.6. The molecule has 1 saturated heterocycles. The summed E-state index contributed by atoms with van der Waals surface area (Å²) in [5.74, 6) is -0.416. The van der Waals surface area contributed by atoms with Crippen molar-refractivity contribution >= 4 is 37.5 Å². The third-order valence-corrected chi connectivity index (χ3v) is 6.46. The van der Waals surface area contributed by atoms with Crippen molar-refractivity contribution in [2.75, 3.05) is 18.4 Å². The molecule has 1 aliphatic rings. The standard InChI is InChI=1S/C17H18BrN3O4S/c18-13-4-3-5-14(10-13)19-16(22)12-20-11-15(6-7-17(20)23)26(24,25)21-8-1-2-9-21/h3-7,10-11H,1-2,8-9,12H2,(H,19,22). The molecule has 7 nitrogen and oxygen atoms in total. The molecule has 0 radical (unpaired) electrons. The highest BCUT2D eigenvalue weighted by Gasteiger charge is 2.27. The van der Waals surface area contributed by atoms with Crippen LogP contribution in [-0.4, -0.2) is 36.3 Å². The number of hydrogen-bond acceptors (Lipinski definition) is 4. The van der Waals surface area contributed by atoms with E-state index in [1.165, 1.54) is 22.6 Å². The lowest BCUT2D eigenvalue weighted by molar-refractivity contribution is -0.116. The van der Waals surface area contributed by atoms with Gasteiger partial charge < -0.3 is 9.88 Å². The van der Waals surface area contributed by atoms with Gasteiger partial charge in [-0.2, -0.15) is 4.31 Å². The van der Waals surface area contributed by atoms with Crippen molar-refractivity contribution in [2.45, 2.75) is 24.3 Å². The summed E-state index contributed by atoms with van der Waals surface area (Å²) < 4.78 is 28.6. The fourth-order valence-corrected chi connectivity index (χ4v) is 4.72. The van der Waals surface area contributed by atoms with E-state index in [2.05, 4.69) is 21.2 Å². The molecule has 2 aromatic rings. The van der Waals surface area contributed by atoms with E-state index in [1.807, 2.05) is 6.07 Å². The first-order valence-electron chi connectivity index (χ1n) is 8.12. The van der Waals surface area contributed by atoms with Crippen LogP contribution in [0.5, 0.6) is 0 Å². The Hall–Kier alpha value is -1.97. The first kappa shape index (κ1) is 18.8. The molecule has 0 atom stereocenters. The van der Waals surface area contributed by atoms with Crippen LogP contribution in [0.1, 0.15) is 12.8 Å². The van der Waals surface area contributed by atoms with E-state index in [4.69, 9.17) is 0 Å². The Labute approximate surface area is 159 Å². The highest BCUT2D eigenvalue weighted by Crippen LogP contribution is 2.20. The topological polar surface area (TPSA) is 88.5 Å². The third-order valence-electron chi connectivity index (χ3n) is 4.08. The number of aromatic nitrogens is 1. The van der Waals surface area contributed by atoms with Crippen molar-refractivity contribution in [1.82, 2.24) is 8.87 Å². The maximum Gasteiger partial charge on any atom is 0.251 e. The zero-order chi connectivity index (χ0) is 18.7. The van der Waals surface area contributed by atoms with Crippen molar-refractivity contribution in [3.05, 3.63) is 57.4 Å². The van der Waals surface area contributed by atoms with Gasteiger partial charge in [0.15, 0.2) is 0 Å². The number of benzene rings is 1. The molecule has 1 fully saturated rings. The van der Waals surface area contributed by atoms with E-state index in [9.17, 15) is 18.0 Å². The number of nitrogens with one attached hydrogen (secondary N) is 1. The SMILES string of the molecule is O=C(Cn1cc(S(=O)(=O)N2CCCC2)ccc1=O)Nc1cccc(Br)c1. The zero-order valence-corrected chi connectivity index (χ0v) is 16.3. The van der Waals surface area contributed by atoms with Crippen LogP contribution in [0.25, 0.3) is 0 Å². The first-order chi connectivity index (χ1) is 12.4. The number of rotatable bonds is 5. The predicted molar refractivity (Wildman–Crippen MR) is 101 cm³/mol. The maximum absolute atomic E-state index is 12.6. The van der Waals surface area contributed by atoms with Crippen LogP contribution in [0.3, 0.4) is 0 Å². The van der Waals surface area contributed by atoms with Crippen LogP contribution >= 0.6 is 15.9 Å². The molecule has 0 spiro atoms. The molecule has 1 aromatic heterocycles. The number of halogens is 1. The lowest BCUT2D eigenvalue weighted by Gasteiger charge is -2.16. The van der Waals surface area contributed by atoms with Crippen LogP contribution in [0.2, 0.25) is 0 Å². The van der Waals surface area contributed by atoms with Gasteiger partial charge in [-0.1, -0.05) is 22.0 Å². The minimum atomic E-state index is -3.64. The van der Waals surface area contributed by atoms with Gasteiger partial charge in [-0.15, -0.1) is 0 Å². The van der Waals surface area contributed by atoms with E-state index in [-0.39, 0.29) is 11.4 Å². The number of hydrogen-bond donors (Lipinski definition) is 1. The number of anilines is 1. The second kappa shape index (κ2) is 7.73. The summed E-state index contributed by atoms with van der Waals surface area (Å²) >= 11 is 3.32. The molecule has 0 bridgehead atoms. The van der Waals surface area contributed by atoms with Gasteiger partial charge in [-0.05, 0) is 37.1 Å². The van der Waals surface area contributed by atoms with Gasteiger partial charge in [-0.3, -0.25) is 9.59 Å². The Morgan fingerprint density at radius 3 is 2.58 bits per heavy atom. The molecule has 26 heavy (non-hydrogen) atoms. The molecule has 0 saturated carbocycles. The summed E-state index contributed by atoms with van der Waals surface area (Å²) in [4.78, 5) is 24.3. The van der Waals surface area contributed by atoms with E-state index >= 15 is 0 Å². The summed E-state index contributed by atoms with van der Waals surface area (Å²) in [6.45, 7) is 0.685. The second-order valence-electron chi connectivity index (χ2n) is 6.00. The van der Waals surface area contributed by atoms with Gasteiger partial charge >= 0.3 is 0 Å². The molecule has 138 valence electrons. The van der Waals surface area contributed by atoms with Gasteiger partial charge in [-0.25, -0.2) is 8.42 Å². The zero-order valence-electron chi connectivity index (χ0n) is 13.9. The highest BCUT2D eigenvalue weighted by atomic mass is 79.9. The number of amides is 1. The van der Waals surface area contributed by atoms with Crippen molar-refractivity contribution in [3.8, 4) is 0 Å². The summed E-state index contributed by atoms with van der Waals surface area (Å²) in [6, 6.07) is 9.52. The minimum absolute atomic E-state index is 0.0225. The van der Waals surface area contributed by atoms with Crippen LogP contribution < -0.4 is 10.9 Å². The number of sulfonamides is 1. The van der Waals surface area contributed by atoms with Gasteiger partial charge in [0, 0.05) is 35.5 Å². The molecular weight excluding hydrogens is 422 g/mol. The van der Waals surface area contributed by atoms with Crippen molar-refractivity contribution < 1.29 is 13.2 Å². The van der Waals surface area contributed by atoms with Crippen LogP contribution in [0, 0.1) is 0 Å². The van der Waals surface area contributed by atoms with Gasteiger partial charge in [0.05, 0.1) is 4.90 Å². The molecule has 1 aromatic carbocycles. The first-order valence-corrected chi connectivity index (χ1v) is 10.4. The van der Waals surface area contributed by atoms with Crippen molar-refractivity contribution in [1.29, 1.82) is 0 Å². The Balaban J connectivity index is 1.79. The molecule has 9 heteroatoms. The fraction of sp³-hybridized carbons (Fsp3) is 0.294. The molecule has 0 aliphatic carbocycles. The van der Waals surface area contributed by atoms with Gasteiger partial charge in [0.1, 0.15) is 6.54 Å². The lowest BCUT2D eigenvalue weighted by Crippen LogP contribution is -2.31. The van der Waals surface area contributed by atoms with Gasteiger partial charge in [0.2, 0.25) is 15.9 Å². The Bertz CT molecular complexity index is 981. The smallest absolute Gasteiger partial charge is 0.251 e. The van der Waals surface area contributed by atoms with E-state index in [0.717, 1.165) is 21.9 Å². The predicted octanol–water partition coefficient (Wildman–Crippen LogP) is 2.03.